The number of hydrogen-bond acceptors (Lipinski definition) is 3. The summed E-state index contributed by atoms with van der Waals surface area (Å²) in [6, 6.07) is 5.13. The van der Waals surface area contributed by atoms with Gasteiger partial charge in [0.25, 0.3) is 0 Å². The van der Waals surface area contributed by atoms with Gasteiger partial charge in [-0.2, -0.15) is 0 Å². The maximum atomic E-state index is 10.2. The number of hydrogen-bond donors (Lipinski definition) is 3. The maximum Gasteiger partial charge on any atom is 0.404 e. The highest BCUT2D eigenvalue weighted by molar-refractivity contribution is 6.30. The monoisotopic (exact) mass is 287 g/mol. The van der Waals surface area contributed by atoms with Crippen LogP contribution in [0, 0.1) is 0 Å². The van der Waals surface area contributed by atoms with Crippen LogP contribution in [0.25, 0.3) is 0 Å². The molecule has 6 heteroatoms. The third-order valence-corrected chi connectivity index (χ3v) is 2.78. The van der Waals surface area contributed by atoms with E-state index in [1.54, 1.807) is 18.2 Å². The van der Waals surface area contributed by atoms with Crippen LogP contribution in [0.4, 0.5) is 4.79 Å². The highest BCUT2D eigenvalue weighted by Crippen LogP contribution is 2.23. The van der Waals surface area contributed by atoms with Gasteiger partial charge in [0.05, 0.1) is 13.2 Å². The topological polar surface area (TPSA) is 78.8 Å². The number of rotatable bonds is 8. The van der Waals surface area contributed by atoms with E-state index in [9.17, 15) is 4.79 Å². The highest BCUT2D eigenvalue weighted by atomic mass is 35.5. The van der Waals surface area contributed by atoms with Crippen LogP contribution in [-0.4, -0.2) is 29.5 Å². The number of aliphatic hydroxyl groups excluding tert-OH is 1. The summed E-state index contributed by atoms with van der Waals surface area (Å²) in [5, 5.41) is 20.4. The molecular formula is C13H18ClNO4. The zero-order valence-electron chi connectivity index (χ0n) is 10.6. The number of nitrogens with one attached hydrogen (secondary N) is 1. The number of aliphatic hydroxyl groups is 1. The number of halogens is 1. The average molecular weight is 288 g/mol. The molecule has 0 atom stereocenters. The molecule has 0 aromatic heterocycles. The SMILES string of the molecule is O=C(O)NCCCCCOc1ccc(Cl)cc1CO. The summed E-state index contributed by atoms with van der Waals surface area (Å²) in [5.41, 5.74) is 0.667. The van der Waals surface area contributed by atoms with Crippen molar-refractivity contribution in [2.24, 2.45) is 0 Å². The molecule has 0 fully saturated rings. The third-order valence-electron chi connectivity index (χ3n) is 2.55. The van der Waals surface area contributed by atoms with Crippen LogP contribution in [0.1, 0.15) is 24.8 Å². The molecule has 0 radical (unpaired) electrons. The van der Waals surface area contributed by atoms with Gasteiger partial charge >= 0.3 is 6.09 Å². The molecular weight excluding hydrogens is 270 g/mol. The lowest BCUT2D eigenvalue weighted by Gasteiger charge is -2.10. The van der Waals surface area contributed by atoms with Gasteiger partial charge in [-0.05, 0) is 37.5 Å². The van der Waals surface area contributed by atoms with Crippen molar-refractivity contribution in [3.63, 3.8) is 0 Å². The molecule has 0 unspecified atom stereocenters. The summed E-state index contributed by atoms with van der Waals surface area (Å²) >= 11 is 5.82. The Hall–Kier alpha value is -1.46. The number of carboxylic acid groups (broad SMARTS) is 1. The molecule has 0 saturated heterocycles. The Kier molecular flexibility index (Phi) is 7.07. The van der Waals surface area contributed by atoms with Crippen molar-refractivity contribution in [1.82, 2.24) is 5.32 Å². The lowest BCUT2D eigenvalue weighted by molar-refractivity contribution is 0.194. The number of amides is 1. The predicted octanol–water partition coefficient (Wildman–Crippen LogP) is 2.65. The van der Waals surface area contributed by atoms with E-state index in [4.69, 9.17) is 26.6 Å². The Labute approximate surface area is 117 Å². The fraction of sp³-hybridized carbons (Fsp3) is 0.462. The number of unbranched alkanes of at least 4 members (excludes halogenated alkanes) is 2. The van der Waals surface area contributed by atoms with Gasteiger partial charge in [0.15, 0.2) is 0 Å². The van der Waals surface area contributed by atoms with E-state index in [1.807, 2.05) is 0 Å². The standard InChI is InChI=1S/C13H18ClNO4/c14-11-4-5-12(10(8-11)9-16)19-7-3-1-2-6-15-13(17)18/h4-5,8,15-16H,1-3,6-7,9H2,(H,17,18). The smallest absolute Gasteiger partial charge is 0.404 e. The molecule has 1 aromatic carbocycles. The van der Waals surface area contributed by atoms with Crippen molar-refractivity contribution in [3.05, 3.63) is 28.8 Å². The minimum atomic E-state index is -0.995. The second-order valence-corrected chi connectivity index (χ2v) is 4.49. The van der Waals surface area contributed by atoms with Gasteiger partial charge in [-0.15, -0.1) is 0 Å². The fourth-order valence-electron chi connectivity index (χ4n) is 1.59. The first-order valence-corrected chi connectivity index (χ1v) is 6.50. The molecule has 0 saturated carbocycles. The predicted molar refractivity (Wildman–Crippen MR) is 72.7 cm³/mol. The molecule has 106 valence electrons. The van der Waals surface area contributed by atoms with Crippen LogP contribution in [0.15, 0.2) is 18.2 Å². The van der Waals surface area contributed by atoms with Crippen LogP contribution in [0.5, 0.6) is 5.75 Å². The summed E-state index contributed by atoms with van der Waals surface area (Å²) in [7, 11) is 0. The zero-order valence-corrected chi connectivity index (χ0v) is 11.3. The molecule has 0 bridgehead atoms. The van der Waals surface area contributed by atoms with Crippen LogP contribution in [0.3, 0.4) is 0 Å². The Bertz CT molecular complexity index is 412. The molecule has 3 N–H and O–H groups in total. The molecule has 0 aliphatic heterocycles. The molecule has 1 aromatic rings. The van der Waals surface area contributed by atoms with Crippen LogP contribution < -0.4 is 10.1 Å². The molecule has 0 aliphatic carbocycles. The van der Waals surface area contributed by atoms with Gasteiger partial charge in [0.1, 0.15) is 5.75 Å². The molecule has 5 nitrogen and oxygen atoms in total. The molecule has 19 heavy (non-hydrogen) atoms. The summed E-state index contributed by atoms with van der Waals surface area (Å²) in [6.45, 7) is 0.873. The Morgan fingerprint density at radius 3 is 2.79 bits per heavy atom. The van der Waals surface area contributed by atoms with Gasteiger partial charge in [0, 0.05) is 17.1 Å². The Morgan fingerprint density at radius 2 is 2.11 bits per heavy atom. The van der Waals surface area contributed by atoms with E-state index in [1.165, 1.54) is 0 Å². The summed E-state index contributed by atoms with van der Waals surface area (Å²) < 4.78 is 5.56. The van der Waals surface area contributed by atoms with E-state index in [0.717, 1.165) is 19.3 Å². The quantitative estimate of drug-likeness (QED) is 0.642. The van der Waals surface area contributed by atoms with Crippen molar-refractivity contribution >= 4 is 17.7 Å². The van der Waals surface area contributed by atoms with Gasteiger partial charge < -0.3 is 20.3 Å². The second-order valence-electron chi connectivity index (χ2n) is 4.05. The van der Waals surface area contributed by atoms with Gasteiger partial charge in [-0.25, -0.2) is 4.79 Å². The van der Waals surface area contributed by atoms with Crippen molar-refractivity contribution in [2.45, 2.75) is 25.9 Å². The highest BCUT2D eigenvalue weighted by Gasteiger charge is 2.03. The van der Waals surface area contributed by atoms with Gasteiger partial charge in [0.2, 0.25) is 0 Å². The lowest BCUT2D eigenvalue weighted by atomic mass is 10.2. The van der Waals surface area contributed by atoms with E-state index in [0.29, 0.717) is 29.5 Å². The zero-order chi connectivity index (χ0) is 14.1. The Morgan fingerprint density at radius 1 is 1.32 bits per heavy atom. The first kappa shape index (κ1) is 15.6. The number of carbonyl (C=O) groups is 1. The van der Waals surface area contributed by atoms with E-state index in [2.05, 4.69) is 5.32 Å². The minimum Gasteiger partial charge on any atom is -0.493 e. The molecule has 0 aliphatic rings. The van der Waals surface area contributed by atoms with Crippen LogP contribution in [-0.2, 0) is 6.61 Å². The summed E-state index contributed by atoms with van der Waals surface area (Å²) in [4.78, 5) is 10.2. The largest absolute Gasteiger partial charge is 0.493 e. The second kappa shape index (κ2) is 8.61. The molecule has 0 spiro atoms. The van der Waals surface area contributed by atoms with E-state index in [-0.39, 0.29) is 6.61 Å². The fourth-order valence-corrected chi connectivity index (χ4v) is 1.79. The van der Waals surface area contributed by atoms with Gasteiger partial charge in [-0.3, -0.25) is 0 Å². The maximum absolute atomic E-state index is 10.2. The van der Waals surface area contributed by atoms with E-state index >= 15 is 0 Å². The normalized spacial score (nSPS) is 10.2. The van der Waals surface area contributed by atoms with E-state index < -0.39 is 6.09 Å². The van der Waals surface area contributed by atoms with Crippen molar-refractivity contribution in [2.75, 3.05) is 13.2 Å². The van der Waals surface area contributed by atoms with Crippen LogP contribution >= 0.6 is 11.6 Å². The number of benzene rings is 1. The first-order chi connectivity index (χ1) is 9.13. The molecule has 1 amide bonds. The van der Waals surface area contributed by atoms with Crippen molar-refractivity contribution < 1.29 is 19.7 Å². The van der Waals surface area contributed by atoms with Crippen molar-refractivity contribution in [1.29, 1.82) is 0 Å². The third kappa shape index (κ3) is 6.31. The lowest BCUT2D eigenvalue weighted by Crippen LogP contribution is -2.21. The summed E-state index contributed by atoms with van der Waals surface area (Å²) in [6.07, 6.45) is 1.49. The Balaban J connectivity index is 2.20. The first-order valence-electron chi connectivity index (χ1n) is 6.12. The number of ether oxygens (including phenoxy) is 1. The average Bonchev–Trinajstić information content (AvgIpc) is 2.38. The molecule has 0 heterocycles. The van der Waals surface area contributed by atoms with Crippen molar-refractivity contribution in [3.8, 4) is 5.75 Å². The summed E-state index contributed by atoms with van der Waals surface area (Å²) in [5.74, 6) is 0.635. The molecule has 1 rings (SSSR count). The van der Waals surface area contributed by atoms with Gasteiger partial charge in [-0.1, -0.05) is 11.6 Å². The minimum absolute atomic E-state index is 0.113. The van der Waals surface area contributed by atoms with Crippen LogP contribution in [0.2, 0.25) is 5.02 Å².